The number of rotatable bonds is 10. The van der Waals surface area contributed by atoms with E-state index >= 15 is 0 Å². The van der Waals surface area contributed by atoms with Gasteiger partial charge in [-0.05, 0) is 37.0 Å². The van der Waals surface area contributed by atoms with Crippen LogP contribution in [0.4, 0.5) is 0 Å². The number of aliphatic imine (C=N–C) groups is 1. The number of nitrogens with zero attached hydrogens (tertiary/aromatic N) is 1. The molecule has 1 rings (SSSR count). The minimum atomic E-state index is -0.156. The zero-order chi connectivity index (χ0) is 19.4. The molecule has 0 bridgehead atoms. The number of guanidine groups is 1. The normalized spacial score (nSPS) is 11.2. The Morgan fingerprint density at radius 1 is 1.19 bits per heavy atom. The molecule has 0 spiro atoms. The van der Waals surface area contributed by atoms with Crippen LogP contribution >= 0.6 is 0 Å². The minimum Gasteiger partial charge on any atom is -0.493 e. The van der Waals surface area contributed by atoms with Gasteiger partial charge in [-0.15, -0.1) is 0 Å². The highest BCUT2D eigenvalue weighted by molar-refractivity contribution is 5.79. The van der Waals surface area contributed by atoms with Crippen LogP contribution in [0.1, 0.15) is 32.8 Å². The molecule has 0 atom stereocenters. The third-order valence-corrected chi connectivity index (χ3v) is 3.66. The highest BCUT2D eigenvalue weighted by atomic mass is 16.5. The van der Waals surface area contributed by atoms with E-state index in [1.165, 1.54) is 0 Å². The van der Waals surface area contributed by atoms with Crippen molar-refractivity contribution in [2.24, 2.45) is 10.9 Å². The molecule has 0 radical (unpaired) electrons. The number of hydrogen-bond donors (Lipinski definition) is 3. The van der Waals surface area contributed by atoms with Gasteiger partial charge >= 0.3 is 0 Å². The molecule has 0 heterocycles. The van der Waals surface area contributed by atoms with Gasteiger partial charge in [-0.3, -0.25) is 9.79 Å². The zero-order valence-corrected chi connectivity index (χ0v) is 16.5. The van der Waals surface area contributed by atoms with E-state index < -0.39 is 0 Å². The lowest BCUT2D eigenvalue weighted by atomic mass is 10.1. The maximum Gasteiger partial charge on any atom is 0.257 e. The number of nitrogens with one attached hydrogen (secondary N) is 3. The number of benzene rings is 1. The van der Waals surface area contributed by atoms with Gasteiger partial charge < -0.3 is 25.4 Å². The van der Waals surface area contributed by atoms with Crippen LogP contribution in [0.25, 0.3) is 0 Å². The van der Waals surface area contributed by atoms with Crippen LogP contribution < -0.4 is 25.4 Å². The Balaban J connectivity index is 2.58. The number of carbonyl (C=O) groups excluding carboxylic acids is 1. The summed E-state index contributed by atoms with van der Waals surface area (Å²) in [6.07, 6.45) is 1.09. The van der Waals surface area contributed by atoms with Crippen LogP contribution in [0.2, 0.25) is 0 Å². The van der Waals surface area contributed by atoms with Gasteiger partial charge in [0.2, 0.25) is 0 Å². The summed E-state index contributed by atoms with van der Waals surface area (Å²) in [6, 6.07) is 5.63. The average molecular weight is 364 g/mol. The van der Waals surface area contributed by atoms with Crippen LogP contribution in [0.5, 0.6) is 11.5 Å². The van der Waals surface area contributed by atoms with Crippen molar-refractivity contribution >= 4 is 11.9 Å². The molecule has 0 fully saturated rings. The molecule has 1 amide bonds. The van der Waals surface area contributed by atoms with Gasteiger partial charge in [-0.25, -0.2) is 0 Å². The van der Waals surface area contributed by atoms with Gasteiger partial charge in [0, 0.05) is 26.7 Å². The molecule has 146 valence electrons. The van der Waals surface area contributed by atoms with Gasteiger partial charge in [-0.1, -0.05) is 19.9 Å². The Bertz CT molecular complexity index is 588. The molecule has 0 aromatic heterocycles. The van der Waals surface area contributed by atoms with E-state index in [9.17, 15) is 4.79 Å². The third kappa shape index (κ3) is 8.09. The molecule has 0 aliphatic heterocycles. The molecule has 0 aliphatic rings. The second-order valence-corrected chi connectivity index (χ2v) is 6.26. The summed E-state index contributed by atoms with van der Waals surface area (Å²) in [4.78, 5) is 15.7. The van der Waals surface area contributed by atoms with Crippen molar-refractivity contribution in [2.45, 2.75) is 33.7 Å². The van der Waals surface area contributed by atoms with E-state index in [0.717, 1.165) is 24.5 Å². The summed E-state index contributed by atoms with van der Waals surface area (Å²) in [6.45, 7) is 8.29. The largest absolute Gasteiger partial charge is 0.493 e. The predicted molar refractivity (Wildman–Crippen MR) is 105 cm³/mol. The van der Waals surface area contributed by atoms with Crippen molar-refractivity contribution in [3.63, 3.8) is 0 Å². The summed E-state index contributed by atoms with van der Waals surface area (Å²) < 4.78 is 10.9. The number of amides is 1. The lowest BCUT2D eigenvalue weighted by Gasteiger charge is -2.15. The summed E-state index contributed by atoms with van der Waals surface area (Å²) in [5.41, 5.74) is 1.03. The molecule has 7 heteroatoms. The van der Waals surface area contributed by atoms with E-state index in [-0.39, 0.29) is 12.5 Å². The summed E-state index contributed by atoms with van der Waals surface area (Å²) >= 11 is 0. The molecular weight excluding hydrogens is 332 g/mol. The quantitative estimate of drug-likeness (QED) is 0.436. The number of hydrogen-bond acceptors (Lipinski definition) is 4. The lowest BCUT2D eigenvalue weighted by molar-refractivity contribution is -0.123. The highest BCUT2D eigenvalue weighted by Crippen LogP contribution is 2.28. The molecule has 0 aliphatic carbocycles. The van der Waals surface area contributed by atoms with Crippen molar-refractivity contribution in [2.75, 3.05) is 33.9 Å². The van der Waals surface area contributed by atoms with Gasteiger partial charge in [0.1, 0.15) is 0 Å². The molecular formula is C19H32N4O3. The molecule has 0 unspecified atom stereocenters. The monoisotopic (exact) mass is 364 g/mol. The summed E-state index contributed by atoms with van der Waals surface area (Å²) in [5, 5.41) is 9.26. The standard InChI is InChI=1S/C19H32N4O3/c1-6-21-18(24)13-26-16-8-7-15(11-17(16)25-5)12-23-19(20-4)22-10-9-14(2)3/h7-8,11,14H,6,9-10,12-13H2,1-5H3,(H,21,24)(H2,20,22,23). The summed E-state index contributed by atoms with van der Waals surface area (Å²) in [5.74, 6) is 2.40. The molecule has 1 aromatic rings. The molecule has 26 heavy (non-hydrogen) atoms. The fourth-order valence-corrected chi connectivity index (χ4v) is 2.22. The van der Waals surface area contributed by atoms with Crippen LogP contribution in [0.3, 0.4) is 0 Å². The van der Waals surface area contributed by atoms with Crippen molar-refractivity contribution < 1.29 is 14.3 Å². The first-order chi connectivity index (χ1) is 12.5. The van der Waals surface area contributed by atoms with E-state index in [4.69, 9.17) is 9.47 Å². The Labute approximate surface area is 156 Å². The molecule has 3 N–H and O–H groups in total. The maximum absolute atomic E-state index is 11.5. The molecule has 0 saturated heterocycles. The fraction of sp³-hybridized carbons (Fsp3) is 0.579. The van der Waals surface area contributed by atoms with E-state index in [0.29, 0.717) is 30.5 Å². The maximum atomic E-state index is 11.5. The van der Waals surface area contributed by atoms with E-state index in [1.54, 1.807) is 14.2 Å². The number of ether oxygens (including phenoxy) is 2. The van der Waals surface area contributed by atoms with Crippen LogP contribution in [-0.2, 0) is 11.3 Å². The second kappa shape index (κ2) is 12.0. The molecule has 1 aromatic carbocycles. The zero-order valence-electron chi connectivity index (χ0n) is 16.5. The van der Waals surface area contributed by atoms with Gasteiger partial charge in [-0.2, -0.15) is 0 Å². The highest BCUT2D eigenvalue weighted by Gasteiger charge is 2.09. The van der Waals surface area contributed by atoms with Gasteiger partial charge in [0.15, 0.2) is 24.1 Å². The first kappa shape index (κ1) is 21.6. The number of likely N-dealkylation sites (N-methyl/N-ethyl adjacent to an activating group) is 1. The van der Waals surface area contributed by atoms with Crippen molar-refractivity contribution in [1.82, 2.24) is 16.0 Å². The fourth-order valence-electron chi connectivity index (χ4n) is 2.22. The van der Waals surface area contributed by atoms with Gasteiger partial charge in [0.25, 0.3) is 5.91 Å². The Morgan fingerprint density at radius 2 is 1.96 bits per heavy atom. The van der Waals surface area contributed by atoms with Gasteiger partial charge in [0.05, 0.1) is 7.11 Å². The Kier molecular flexibility index (Phi) is 9.97. The molecule has 0 saturated carbocycles. The van der Waals surface area contributed by atoms with E-state index in [1.807, 2.05) is 25.1 Å². The van der Waals surface area contributed by atoms with E-state index in [2.05, 4.69) is 34.8 Å². The number of methoxy groups -OCH3 is 1. The van der Waals surface area contributed by atoms with Crippen molar-refractivity contribution in [3.05, 3.63) is 23.8 Å². The Morgan fingerprint density at radius 3 is 2.58 bits per heavy atom. The summed E-state index contributed by atoms with van der Waals surface area (Å²) in [7, 11) is 3.33. The first-order valence-electron chi connectivity index (χ1n) is 9.01. The lowest BCUT2D eigenvalue weighted by Crippen LogP contribution is -2.37. The Hall–Kier alpha value is -2.44. The first-order valence-corrected chi connectivity index (χ1v) is 9.01. The minimum absolute atomic E-state index is 0.0335. The van der Waals surface area contributed by atoms with Crippen LogP contribution in [0.15, 0.2) is 23.2 Å². The van der Waals surface area contributed by atoms with Crippen molar-refractivity contribution in [1.29, 1.82) is 0 Å². The van der Waals surface area contributed by atoms with Crippen LogP contribution in [0, 0.1) is 5.92 Å². The second-order valence-electron chi connectivity index (χ2n) is 6.26. The average Bonchev–Trinajstić information content (AvgIpc) is 2.63. The SMILES string of the molecule is CCNC(=O)COc1ccc(CNC(=NC)NCCC(C)C)cc1OC. The molecule has 7 nitrogen and oxygen atoms in total. The smallest absolute Gasteiger partial charge is 0.257 e. The van der Waals surface area contributed by atoms with Crippen LogP contribution in [-0.4, -0.2) is 45.7 Å². The predicted octanol–water partition coefficient (Wildman–Crippen LogP) is 1.92. The topological polar surface area (TPSA) is 84.0 Å². The number of carbonyl (C=O) groups is 1. The third-order valence-electron chi connectivity index (χ3n) is 3.66. The van der Waals surface area contributed by atoms with Crippen molar-refractivity contribution in [3.8, 4) is 11.5 Å².